The Morgan fingerprint density at radius 2 is 1.52 bits per heavy atom. The van der Waals surface area contributed by atoms with Crippen molar-refractivity contribution in [2.45, 2.75) is 26.3 Å². The van der Waals surface area contributed by atoms with Crippen LogP contribution >= 0.6 is 0 Å². The summed E-state index contributed by atoms with van der Waals surface area (Å²) in [5.74, 6) is -1.22. The van der Waals surface area contributed by atoms with Crippen molar-refractivity contribution in [2.75, 3.05) is 5.32 Å². The number of carbonyl (C=O) groups is 2. The van der Waals surface area contributed by atoms with Gasteiger partial charge in [-0.05, 0) is 24.5 Å². The zero-order valence-electron chi connectivity index (χ0n) is 15.8. The molecule has 0 aliphatic rings. The second kappa shape index (κ2) is 9.40. The summed E-state index contributed by atoms with van der Waals surface area (Å²) >= 11 is 0. The summed E-state index contributed by atoms with van der Waals surface area (Å²) in [6.45, 7) is 3.74. The second-order valence-electron chi connectivity index (χ2n) is 6.76. The Kier molecular flexibility index (Phi) is 6.96. The highest BCUT2D eigenvalue weighted by atomic mass is 16.6. The molecule has 10 heteroatoms. The SMILES string of the molecule is CC(C)CC(NC(=O)c1cc([N+](=O)[O-])cc([N+](=O)[O-])c1)C(=O)Nc1ccccc1. The molecule has 0 saturated heterocycles. The van der Waals surface area contributed by atoms with Crippen molar-refractivity contribution >= 4 is 28.9 Å². The van der Waals surface area contributed by atoms with Crippen LogP contribution in [0.3, 0.4) is 0 Å². The standard InChI is InChI=1S/C19H20N4O6/c1-12(2)8-17(19(25)20-14-6-4-3-5-7-14)21-18(24)13-9-15(22(26)27)11-16(10-13)23(28)29/h3-7,9-12,17H,8H2,1-2H3,(H,20,25)(H,21,24). The molecular formula is C19H20N4O6. The van der Waals surface area contributed by atoms with Crippen LogP contribution in [-0.4, -0.2) is 27.7 Å². The van der Waals surface area contributed by atoms with Crippen molar-refractivity contribution in [1.82, 2.24) is 5.32 Å². The lowest BCUT2D eigenvalue weighted by Gasteiger charge is -2.20. The molecule has 152 valence electrons. The lowest BCUT2D eigenvalue weighted by atomic mass is 10.0. The molecule has 0 aliphatic carbocycles. The van der Waals surface area contributed by atoms with Crippen LogP contribution in [0.2, 0.25) is 0 Å². The zero-order valence-corrected chi connectivity index (χ0v) is 15.8. The van der Waals surface area contributed by atoms with E-state index < -0.39 is 39.1 Å². The van der Waals surface area contributed by atoms with Gasteiger partial charge >= 0.3 is 0 Å². The zero-order chi connectivity index (χ0) is 21.6. The Labute approximate surface area is 166 Å². The van der Waals surface area contributed by atoms with Gasteiger partial charge in [-0.25, -0.2) is 0 Å². The highest BCUT2D eigenvalue weighted by Crippen LogP contribution is 2.23. The topological polar surface area (TPSA) is 144 Å². The Hall–Kier alpha value is -3.82. The summed E-state index contributed by atoms with van der Waals surface area (Å²) in [5, 5.41) is 27.2. The predicted octanol–water partition coefficient (Wildman–Crippen LogP) is 3.29. The smallest absolute Gasteiger partial charge is 0.277 e. The van der Waals surface area contributed by atoms with Gasteiger partial charge in [0.05, 0.1) is 21.5 Å². The van der Waals surface area contributed by atoms with Gasteiger partial charge in [-0.1, -0.05) is 32.0 Å². The number of hydrogen-bond acceptors (Lipinski definition) is 6. The quantitative estimate of drug-likeness (QED) is 0.514. The van der Waals surface area contributed by atoms with Gasteiger partial charge in [-0.3, -0.25) is 29.8 Å². The molecule has 0 radical (unpaired) electrons. The molecule has 0 aromatic heterocycles. The molecule has 2 rings (SSSR count). The monoisotopic (exact) mass is 400 g/mol. The third-order valence-electron chi connectivity index (χ3n) is 3.96. The minimum atomic E-state index is -0.930. The van der Waals surface area contributed by atoms with Gasteiger partial charge in [-0.15, -0.1) is 0 Å². The molecule has 2 aromatic carbocycles. The first-order valence-electron chi connectivity index (χ1n) is 8.78. The minimum Gasteiger partial charge on any atom is -0.340 e. The van der Waals surface area contributed by atoms with Crippen LogP contribution < -0.4 is 10.6 Å². The summed E-state index contributed by atoms with van der Waals surface area (Å²) in [4.78, 5) is 45.6. The number of non-ortho nitro benzene ring substituents is 2. The number of nitrogens with zero attached hydrogens (tertiary/aromatic N) is 2. The first kappa shape index (κ1) is 21.5. The van der Waals surface area contributed by atoms with E-state index in [0.717, 1.165) is 18.2 Å². The fourth-order valence-corrected chi connectivity index (χ4v) is 2.63. The average molecular weight is 400 g/mol. The summed E-state index contributed by atoms with van der Waals surface area (Å²) in [6.07, 6.45) is 0.307. The maximum absolute atomic E-state index is 12.6. The maximum atomic E-state index is 12.6. The Bertz CT molecular complexity index is 897. The summed E-state index contributed by atoms with van der Waals surface area (Å²) in [6, 6.07) is 10.4. The highest BCUT2D eigenvalue weighted by molar-refractivity contribution is 6.01. The van der Waals surface area contributed by atoms with Crippen LogP contribution in [0.4, 0.5) is 17.1 Å². The molecule has 0 saturated carbocycles. The van der Waals surface area contributed by atoms with E-state index in [0.29, 0.717) is 12.1 Å². The number of rotatable bonds is 8. The fraction of sp³-hybridized carbons (Fsp3) is 0.263. The summed E-state index contributed by atoms with van der Waals surface area (Å²) < 4.78 is 0. The maximum Gasteiger partial charge on any atom is 0.277 e. The number of amides is 2. The third kappa shape index (κ3) is 6.09. The average Bonchev–Trinajstić information content (AvgIpc) is 2.67. The van der Waals surface area contributed by atoms with Crippen molar-refractivity contribution < 1.29 is 19.4 Å². The number of nitro benzene ring substituents is 2. The molecule has 0 aliphatic heterocycles. The molecule has 2 aromatic rings. The van der Waals surface area contributed by atoms with Gasteiger partial charge in [0.25, 0.3) is 17.3 Å². The molecule has 2 amide bonds. The minimum absolute atomic E-state index is 0.0567. The second-order valence-corrected chi connectivity index (χ2v) is 6.76. The fourth-order valence-electron chi connectivity index (χ4n) is 2.63. The first-order chi connectivity index (χ1) is 13.7. The van der Waals surface area contributed by atoms with Crippen molar-refractivity contribution in [3.05, 3.63) is 74.3 Å². The first-order valence-corrected chi connectivity index (χ1v) is 8.78. The van der Waals surface area contributed by atoms with Gasteiger partial charge < -0.3 is 10.6 Å². The molecule has 1 unspecified atom stereocenters. The van der Waals surface area contributed by atoms with Gasteiger partial charge in [0.2, 0.25) is 5.91 Å². The molecule has 0 fully saturated rings. The van der Waals surface area contributed by atoms with Crippen LogP contribution in [0, 0.1) is 26.1 Å². The van der Waals surface area contributed by atoms with E-state index in [9.17, 15) is 29.8 Å². The number of hydrogen-bond donors (Lipinski definition) is 2. The summed E-state index contributed by atoms with van der Waals surface area (Å²) in [5.41, 5.74) is -0.893. The van der Waals surface area contributed by atoms with Crippen molar-refractivity contribution in [2.24, 2.45) is 5.92 Å². The van der Waals surface area contributed by atoms with E-state index in [-0.39, 0.29) is 11.5 Å². The van der Waals surface area contributed by atoms with Crippen molar-refractivity contribution in [3.8, 4) is 0 Å². The Morgan fingerprint density at radius 1 is 0.966 bits per heavy atom. The van der Waals surface area contributed by atoms with E-state index in [1.54, 1.807) is 30.3 Å². The van der Waals surface area contributed by atoms with Gasteiger partial charge in [0.15, 0.2) is 0 Å². The molecule has 1 atom stereocenters. The Balaban J connectivity index is 2.26. The van der Waals surface area contributed by atoms with E-state index in [1.165, 1.54) is 0 Å². The highest BCUT2D eigenvalue weighted by Gasteiger charge is 2.25. The van der Waals surface area contributed by atoms with Crippen LogP contribution in [0.15, 0.2) is 48.5 Å². The molecule has 29 heavy (non-hydrogen) atoms. The number of benzene rings is 2. The largest absolute Gasteiger partial charge is 0.340 e. The number of carbonyl (C=O) groups excluding carboxylic acids is 2. The van der Waals surface area contributed by atoms with E-state index in [2.05, 4.69) is 10.6 Å². The number of nitrogens with one attached hydrogen (secondary N) is 2. The number of nitro groups is 2. The third-order valence-corrected chi connectivity index (χ3v) is 3.96. The van der Waals surface area contributed by atoms with Crippen LogP contribution in [-0.2, 0) is 4.79 Å². The Morgan fingerprint density at radius 3 is 2.00 bits per heavy atom. The predicted molar refractivity (Wildman–Crippen MR) is 106 cm³/mol. The number of para-hydroxylation sites is 1. The van der Waals surface area contributed by atoms with Gasteiger partial charge in [0.1, 0.15) is 6.04 Å². The molecule has 0 heterocycles. The van der Waals surface area contributed by atoms with Crippen molar-refractivity contribution in [1.29, 1.82) is 0 Å². The van der Waals surface area contributed by atoms with Crippen LogP contribution in [0.5, 0.6) is 0 Å². The van der Waals surface area contributed by atoms with Gasteiger partial charge in [-0.2, -0.15) is 0 Å². The normalized spacial score (nSPS) is 11.6. The number of anilines is 1. The van der Waals surface area contributed by atoms with Crippen LogP contribution in [0.1, 0.15) is 30.6 Å². The molecular weight excluding hydrogens is 380 g/mol. The molecule has 2 N–H and O–H groups in total. The van der Waals surface area contributed by atoms with E-state index >= 15 is 0 Å². The lowest BCUT2D eigenvalue weighted by molar-refractivity contribution is -0.394. The van der Waals surface area contributed by atoms with Gasteiger partial charge in [0, 0.05) is 17.8 Å². The summed E-state index contributed by atoms with van der Waals surface area (Å²) in [7, 11) is 0. The van der Waals surface area contributed by atoms with E-state index in [4.69, 9.17) is 0 Å². The molecule has 0 bridgehead atoms. The van der Waals surface area contributed by atoms with E-state index in [1.807, 2.05) is 13.8 Å². The lowest BCUT2D eigenvalue weighted by Crippen LogP contribution is -2.44. The molecule has 0 spiro atoms. The van der Waals surface area contributed by atoms with Crippen LogP contribution in [0.25, 0.3) is 0 Å². The molecule has 10 nitrogen and oxygen atoms in total. The van der Waals surface area contributed by atoms with Crippen molar-refractivity contribution in [3.63, 3.8) is 0 Å².